The number of hydrogen-bond acceptors (Lipinski definition) is 4. The molecule has 1 aliphatic rings. The Hall–Kier alpha value is -1.39. The number of methoxy groups -OCH3 is 1. The van der Waals surface area contributed by atoms with Crippen LogP contribution in [-0.2, 0) is 11.3 Å². The molecule has 0 spiro atoms. The van der Waals surface area contributed by atoms with E-state index in [1.54, 1.807) is 13.2 Å². The molecular formula is C14H19NO3. The number of nitrogens with zero attached hydrogens (tertiary/aromatic N) is 1. The molecule has 0 aromatic heterocycles. The zero-order valence-corrected chi connectivity index (χ0v) is 10.9. The molecule has 1 saturated heterocycles. The summed E-state index contributed by atoms with van der Waals surface area (Å²) in [6.45, 7) is 5.37. The largest absolute Gasteiger partial charge is 0.496 e. The van der Waals surface area contributed by atoms with Crippen molar-refractivity contribution in [2.75, 3.05) is 26.9 Å². The number of ether oxygens (including phenoxy) is 2. The minimum atomic E-state index is 0.392. The highest BCUT2D eigenvalue weighted by Gasteiger charge is 2.20. The molecule has 0 amide bonds. The van der Waals surface area contributed by atoms with Crippen molar-refractivity contribution in [2.24, 2.45) is 0 Å². The number of benzene rings is 1. The van der Waals surface area contributed by atoms with E-state index in [4.69, 9.17) is 9.47 Å². The van der Waals surface area contributed by atoms with Crippen molar-refractivity contribution in [3.63, 3.8) is 0 Å². The Morgan fingerprint density at radius 1 is 1.56 bits per heavy atom. The lowest BCUT2D eigenvalue weighted by molar-refractivity contribution is -0.00464. The maximum atomic E-state index is 10.8. The number of morpholine rings is 1. The molecule has 4 nitrogen and oxygen atoms in total. The molecule has 0 saturated carbocycles. The molecule has 1 unspecified atom stereocenters. The van der Waals surface area contributed by atoms with E-state index in [-0.39, 0.29) is 0 Å². The van der Waals surface area contributed by atoms with Gasteiger partial charge >= 0.3 is 0 Å². The fourth-order valence-electron chi connectivity index (χ4n) is 2.21. The minimum Gasteiger partial charge on any atom is -0.496 e. The monoisotopic (exact) mass is 249 g/mol. The van der Waals surface area contributed by atoms with E-state index in [0.29, 0.717) is 11.6 Å². The number of aldehydes is 1. The van der Waals surface area contributed by atoms with Crippen LogP contribution >= 0.6 is 0 Å². The van der Waals surface area contributed by atoms with E-state index in [1.807, 2.05) is 12.1 Å². The van der Waals surface area contributed by atoms with Gasteiger partial charge in [0.05, 0.1) is 20.3 Å². The first-order valence-electron chi connectivity index (χ1n) is 6.18. The molecule has 1 heterocycles. The Morgan fingerprint density at radius 2 is 2.39 bits per heavy atom. The molecule has 1 atom stereocenters. The third-order valence-corrected chi connectivity index (χ3v) is 3.32. The van der Waals surface area contributed by atoms with Crippen LogP contribution in [0.5, 0.6) is 5.75 Å². The Morgan fingerprint density at radius 3 is 3.06 bits per heavy atom. The lowest BCUT2D eigenvalue weighted by atomic mass is 10.1. The highest BCUT2D eigenvalue weighted by atomic mass is 16.5. The van der Waals surface area contributed by atoms with Crippen LogP contribution in [0.4, 0.5) is 0 Å². The summed E-state index contributed by atoms with van der Waals surface area (Å²) in [5.74, 6) is 0.833. The van der Waals surface area contributed by atoms with Crippen LogP contribution < -0.4 is 4.74 Å². The number of hydrogen-bond donors (Lipinski definition) is 0. The second-order valence-electron chi connectivity index (χ2n) is 4.58. The molecule has 0 aliphatic carbocycles. The van der Waals surface area contributed by atoms with Crippen LogP contribution in [0.2, 0.25) is 0 Å². The Bertz CT molecular complexity index is 420. The SMILES string of the molecule is COc1ccc(C=O)cc1CN1CCOCC1C. The predicted octanol–water partition coefficient (Wildman–Crippen LogP) is 1.73. The van der Waals surface area contributed by atoms with Gasteiger partial charge in [0.1, 0.15) is 12.0 Å². The second-order valence-corrected chi connectivity index (χ2v) is 4.58. The fourth-order valence-corrected chi connectivity index (χ4v) is 2.21. The van der Waals surface area contributed by atoms with Gasteiger partial charge in [-0.25, -0.2) is 0 Å². The third kappa shape index (κ3) is 2.89. The Kier molecular flexibility index (Phi) is 4.33. The summed E-state index contributed by atoms with van der Waals surface area (Å²) in [5.41, 5.74) is 1.74. The van der Waals surface area contributed by atoms with Gasteiger partial charge in [-0.1, -0.05) is 0 Å². The Balaban J connectivity index is 2.17. The lowest BCUT2D eigenvalue weighted by Crippen LogP contribution is -2.42. The van der Waals surface area contributed by atoms with Crippen LogP contribution in [0.1, 0.15) is 22.8 Å². The van der Waals surface area contributed by atoms with E-state index >= 15 is 0 Å². The second kappa shape index (κ2) is 5.98. The van der Waals surface area contributed by atoms with Gasteiger partial charge in [0.15, 0.2) is 0 Å². The van der Waals surface area contributed by atoms with Gasteiger partial charge in [-0.05, 0) is 25.1 Å². The topological polar surface area (TPSA) is 38.8 Å². The van der Waals surface area contributed by atoms with Crippen LogP contribution in [0.25, 0.3) is 0 Å². The first kappa shape index (κ1) is 13.1. The highest BCUT2D eigenvalue weighted by molar-refractivity contribution is 5.75. The van der Waals surface area contributed by atoms with E-state index in [0.717, 1.165) is 43.9 Å². The number of rotatable bonds is 4. The van der Waals surface area contributed by atoms with Gasteiger partial charge in [-0.2, -0.15) is 0 Å². The summed E-state index contributed by atoms with van der Waals surface area (Å²) < 4.78 is 10.8. The summed E-state index contributed by atoms with van der Waals surface area (Å²) in [6.07, 6.45) is 0.867. The van der Waals surface area contributed by atoms with Crippen molar-refractivity contribution in [3.8, 4) is 5.75 Å². The molecule has 4 heteroatoms. The molecule has 1 aromatic rings. The number of carbonyl (C=O) groups is 1. The molecule has 2 rings (SSSR count). The summed E-state index contributed by atoms with van der Waals surface area (Å²) >= 11 is 0. The Labute approximate surface area is 107 Å². The maximum absolute atomic E-state index is 10.8. The smallest absolute Gasteiger partial charge is 0.150 e. The van der Waals surface area contributed by atoms with Crippen molar-refractivity contribution in [1.29, 1.82) is 0 Å². The molecule has 0 N–H and O–H groups in total. The quantitative estimate of drug-likeness (QED) is 0.762. The van der Waals surface area contributed by atoms with Gasteiger partial charge in [0, 0.05) is 30.3 Å². The van der Waals surface area contributed by atoms with E-state index in [1.165, 1.54) is 0 Å². The van der Waals surface area contributed by atoms with Crippen molar-refractivity contribution >= 4 is 6.29 Å². The van der Waals surface area contributed by atoms with Crippen LogP contribution in [-0.4, -0.2) is 44.1 Å². The summed E-state index contributed by atoms with van der Waals surface area (Å²) in [5, 5.41) is 0. The molecule has 18 heavy (non-hydrogen) atoms. The van der Waals surface area contributed by atoms with Crippen molar-refractivity contribution in [1.82, 2.24) is 4.90 Å². The van der Waals surface area contributed by atoms with E-state index in [9.17, 15) is 4.79 Å². The van der Waals surface area contributed by atoms with Crippen LogP contribution in [0.3, 0.4) is 0 Å². The minimum absolute atomic E-state index is 0.392. The van der Waals surface area contributed by atoms with E-state index < -0.39 is 0 Å². The molecular weight excluding hydrogens is 230 g/mol. The fraction of sp³-hybridized carbons (Fsp3) is 0.500. The molecule has 0 bridgehead atoms. The highest BCUT2D eigenvalue weighted by Crippen LogP contribution is 2.22. The summed E-state index contributed by atoms with van der Waals surface area (Å²) in [6, 6.07) is 5.92. The third-order valence-electron chi connectivity index (χ3n) is 3.32. The molecule has 0 radical (unpaired) electrons. The first-order valence-corrected chi connectivity index (χ1v) is 6.18. The van der Waals surface area contributed by atoms with Crippen molar-refractivity contribution < 1.29 is 14.3 Å². The van der Waals surface area contributed by atoms with Gasteiger partial charge in [-0.15, -0.1) is 0 Å². The first-order chi connectivity index (χ1) is 8.74. The maximum Gasteiger partial charge on any atom is 0.150 e. The lowest BCUT2D eigenvalue weighted by Gasteiger charge is -2.33. The zero-order valence-electron chi connectivity index (χ0n) is 10.9. The molecule has 1 aliphatic heterocycles. The standard InChI is InChI=1S/C14H19NO3/c1-11-10-18-6-5-15(11)8-13-7-12(9-16)3-4-14(13)17-2/h3-4,7,9,11H,5-6,8,10H2,1-2H3. The molecule has 1 aromatic carbocycles. The number of carbonyl (C=O) groups excluding carboxylic acids is 1. The van der Waals surface area contributed by atoms with E-state index in [2.05, 4.69) is 11.8 Å². The summed E-state index contributed by atoms with van der Waals surface area (Å²) in [7, 11) is 1.65. The van der Waals surface area contributed by atoms with Gasteiger partial charge in [0.2, 0.25) is 0 Å². The average molecular weight is 249 g/mol. The summed E-state index contributed by atoms with van der Waals surface area (Å²) in [4.78, 5) is 13.2. The molecule has 98 valence electrons. The zero-order chi connectivity index (χ0) is 13.0. The van der Waals surface area contributed by atoms with Gasteiger partial charge < -0.3 is 9.47 Å². The predicted molar refractivity (Wildman–Crippen MR) is 69.1 cm³/mol. The van der Waals surface area contributed by atoms with Gasteiger partial charge in [-0.3, -0.25) is 9.69 Å². The van der Waals surface area contributed by atoms with Gasteiger partial charge in [0.25, 0.3) is 0 Å². The van der Waals surface area contributed by atoms with Crippen LogP contribution in [0, 0.1) is 0 Å². The van der Waals surface area contributed by atoms with Crippen molar-refractivity contribution in [3.05, 3.63) is 29.3 Å². The van der Waals surface area contributed by atoms with Crippen LogP contribution in [0.15, 0.2) is 18.2 Å². The average Bonchev–Trinajstić information content (AvgIpc) is 2.41. The van der Waals surface area contributed by atoms with Crippen molar-refractivity contribution in [2.45, 2.75) is 19.5 Å². The normalized spacial score (nSPS) is 20.7. The molecule has 1 fully saturated rings.